The topological polar surface area (TPSA) is 76.2 Å². The molecule has 0 aromatic carbocycles. The van der Waals surface area contributed by atoms with Crippen LogP contribution in [0.2, 0.25) is 0 Å². The van der Waals surface area contributed by atoms with Gasteiger partial charge in [-0.3, -0.25) is 0 Å². The van der Waals surface area contributed by atoms with E-state index in [2.05, 4.69) is 9.97 Å². The maximum absolute atomic E-state index is 10.9. The number of carboxylic acids is 1. The van der Waals surface area contributed by atoms with Crippen molar-refractivity contribution in [2.45, 2.75) is 31.0 Å². The number of aromatic carboxylic acids is 1. The van der Waals surface area contributed by atoms with Crippen molar-refractivity contribution in [1.29, 1.82) is 0 Å². The summed E-state index contributed by atoms with van der Waals surface area (Å²) in [4.78, 5) is 19.4. The highest BCUT2D eigenvalue weighted by Crippen LogP contribution is 2.27. The summed E-state index contributed by atoms with van der Waals surface area (Å²) in [6.45, 7) is 5.44. The first kappa shape index (κ1) is 12.6. The Bertz CT molecular complexity index is 588. The lowest BCUT2D eigenvalue weighted by Gasteiger charge is -2.01. The zero-order chi connectivity index (χ0) is 13.3. The van der Waals surface area contributed by atoms with E-state index in [1.165, 1.54) is 23.9 Å². The van der Waals surface area contributed by atoms with Gasteiger partial charge in [-0.25, -0.2) is 14.8 Å². The molecule has 0 bridgehead atoms. The number of hydrogen-bond donors (Lipinski definition) is 1. The number of rotatable bonds is 3. The lowest BCUT2D eigenvalue weighted by Crippen LogP contribution is -1.99. The zero-order valence-corrected chi connectivity index (χ0v) is 11.0. The molecule has 18 heavy (non-hydrogen) atoms. The summed E-state index contributed by atoms with van der Waals surface area (Å²) < 4.78 is 5.42. The molecule has 0 saturated heterocycles. The minimum absolute atomic E-state index is 0.213. The second kappa shape index (κ2) is 4.81. The van der Waals surface area contributed by atoms with E-state index in [4.69, 9.17) is 9.52 Å². The van der Waals surface area contributed by atoms with Gasteiger partial charge in [0.15, 0.2) is 0 Å². The summed E-state index contributed by atoms with van der Waals surface area (Å²) in [5.41, 5.74) is 1.69. The first-order valence-corrected chi connectivity index (χ1v) is 6.11. The van der Waals surface area contributed by atoms with Crippen molar-refractivity contribution >= 4 is 17.7 Å². The van der Waals surface area contributed by atoms with E-state index in [1.54, 1.807) is 6.92 Å². The average molecular weight is 264 g/mol. The van der Waals surface area contributed by atoms with Crippen molar-refractivity contribution in [3.63, 3.8) is 0 Å². The third kappa shape index (κ3) is 2.70. The van der Waals surface area contributed by atoms with Crippen LogP contribution in [0.3, 0.4) is 0 Å². The van der Waals surface area contributed by atoms with E-state index in [0.29, 0.717) is 15.9 Å². The first-order chi connectivity index (χ1) is 8.45. The van der Waals surface area contributed by atoms with Crippen molar-refractivity contribution < 1.29 is 14.3 Å². The Kier molecular flexibility index (Phi) is 3.38. The Morgan fingerprint density at radius 3 is 2.56 bits per heavy atom. The van der Waals surface area contributed by atoms with E-state index < -0.39 is 5.97 Å². The molecule has 1 N–H and O–H groups in total. The highest BCUT2D eigenvalue weighted by molar-refractivity contribution is 7.99. The van der Waals surface area contributed by atoms with Gasteiger partial charge in [0, 0.05) is 5.69 Å². The van der Waals surface area contributed by atoms with Crippen LogP contribution in [0.1, 0.15) is 27.5 Å². The molecule has 0 amide bonds. The molecule has 6 heteroatoms. The molecule has 94 valence electrons. The van der Waals surface area contributed by atoms with E-state index in [-0.39, 0.29) is 5.56 Å². The monoisotopic (exact) mass is 264 g/mol. The molecule has 0 unspecified atom stereocenters. The van der Waals surface area contributed by atoms with Gasteiger partial charge in [0.2, 0.25) is 0 Å². The average Bonchev–Trinajstić information content (AvgIpc) is 2.56. The Morgan fingerprint density at radius 2 is 2.00 bits per heavy atom. The van der Waals surface area contributed by atoms with Gasteiger partial charge in [0.25, 0.3) is 5.22 Å². The van der Waals surface area contributed by atoms with Gasteiger partial charge in [-0.15, -0.1) is 0 Å². The van der Waals surface area contributed by atoms with E-state index in [9.17, 15) is 4.79 Å². The highest BCUT2D eigenvalue weighted by Gasteiger charge is 2.11. The van der Waals surface area contributed by atoms with Gasteiger partial charge in [0.05, 0.1) is 11.3 Å². The summed E-state index contributed by atoms with van der Waals surface area (Å²) in [5.74, 6) is -0.217. The van der Waals surface area contributed by atoms with Crippen LogP contribution in [0, 0.1) is 20.8 Å². The zero-order valence-electron chi connectivity index (χ0n) is 10.2. The molecular weight excluding hydrogens is 252 g/mol. The van der Waals surface area contributed by atoms with E-state index in [0.717, 1.165) is 11.5 Å². The van der Waals surface area contributed by atoms with Crippen LogP contribution in [0.25, 0.3) is 0 Å². The summed E-state index contributed by atoms with van der Waals surface area (Å²) in [5, 5.41) is 10.0. The molecule has 2 rings (SSSR count). The van der Waals surface area contributed by atoms with Gasteiger partial charge in [-0.2, -0.15) is 0 Å². The van der Waals surface area contributed by atoms with Crippen molar-refractivity contribution in [1.82, 2.24) is 9.97 Å². The van der Waals surface area contributed by atoms with Crippen LogP contribution in [-0.4, -0.2) is 21.0 Å². The van der Waals surface area contributed by atoms with Gasteiger partial charge in [0.1, 0.15) is 10.8 Å². The molecule has 0 saturated carbocycles. The molecule has 0 spiro atoms. The molecule has 0 fully saturated rings. The fourth-order valence-corrected chi connectivity index (χ4v) is 2.29. The largest absolute Gasteiger partial charge is 0.478 e. The van der Waals surface area contributed by atoms with Crippen molar-refractivity contribution in [2.24, 2.45) is 0 Å². The van der Waals surface area contributed by atoms with Gasteiger partial charge < -0.3 is 9.52 Å². The minimum atomic E-state index is -0.970. The molecule has 0 aliphatic heterocycles. The number of nitrogens with zero attached hydrogens (tertiary/aromatic N) is 2. The maximum atomic E-state index is 10.9. The number of hydrogen-bond acceptors (Lipinski definition) is 5. The van der Waals surface area contributed by atoms with E-state index >= 15 is 0 Å². The minimum Gasteiger partial charge on any atom is -0.478 e. The molecule has 0 radical (unpaired) electrons. The predicted molar refractivity (Wildman–Crippen MR) is 66.0 cm³/mol. The second-order valence-corrected chi connectivity index (χ2v) is 4.84. The van der Waals surface area contributed by atoms with Crippen molar-refractivity contribution in [2.75, 3.05) is 0 Å². The van der Waals surface area contributed by atoms with Crippen molar-refractivity contribution in [3.05, 3.63) is 34.8 Å². The SMILES string of the molecule is Cc1cc(C(=O)O)cc(Sc2nc(C)c(C)o2)n1. The second-order valence-electron chi connectivity index (χ2n) is 3.86. The lowest BCUT2D eigenvalue weighted by atomic mass is 10.2. The summed E-state index contributed by atoms with van der Waals surface area (Å²) in [7, 11) is 0. The maximum Gasteiger partial charge on any atom is 0.335 e. The summed E-state index contributed by atoms with van der Waals surface area (Å²) in [6.07, 6.45) is 0. The standard InChI is InChI=1S/C12H12N2O3S/c1-6-4-9(11(15)16)5-10(13-6)18-12-14-7(2)8(3)17-12/h4-5H,1-3H3,(H,15,16). The Balaban J connectivity index is 2.31. The normalized spacial score (nSPS) is 10.6. The number of aryl methyl sites for hydroxylation is 3. The van der Waals surface area contributed by atoms with Crippen LogP contribution in [0.15, 0.2) is 26.8 Å². The lowest BCUT2D eigenvalue weighted by molar-refractivity contribution is 0.0696. The number of oxazole rings is 1. The third-order valence-electron chi connectivity index (χ3n) is 2.38. The number of pyridine rings is 1. The molecule has 0 atom stereocenters. The fraction of sp³-hybridized carbons (Fsp3) is 0.250. The van der Waals surface area contributed by atoms with Crippen LogP contribution >= 0.6 is 11.8 Å². The molecule has 2 aromatic rings. The third-order valence-corrected chi connectivity index (χ3v) is 3.15. The predicted octanol–water partition coefficient (Wildman–Crippen LogP) is 2.84. The van der Waals surface area contributed by atoms with Crippen molar-refractivity contribution in [3.8, 4) is 0 Å². The summed E-state index contributed by atoms with van der Waals surface area (Å²) >= 11 is 1.22. The molecule has 0 aliphatic rings. The Morgan fingerprint density at radius 1 is 1.28 bits per heavy atom. The number of carbonyl (C=O) groups is 1. The molecule has 0 aliphatic carbocycles. The summed E-state index contributed by atoms with van der Waals surface area (Å²) in [6, 6.07) is 3.04. The molecule has 2 heterocycles. The molecule has 2 aromatic heterocycles. The smallest absolute Gasteiger partial charge is 0.335 e. The number of carboxylic acid groups (broad SMARTS) is 1. The first-order valence-electron chi connectivity index (χ1n) is 5.29. The quantitative estimate of drug-likeness (QED) is 0.918. The molecule has 5 nitrogen and oxygen atoms in total. The number of aromatic nitrogens is 2. The van der Waals surface area contributed by atoms with Gasteiger partial charge in [-0.05, 0) is 44.7 Å². The fourth-order valence-electron chi connectivity index (χ4n) is 1.39. The van der Waals surface area contributed by atoms with Gasteiger partial charge >= 0.3 is 5.97 Å². The van der Waals surface area contributed by atoms with Crippen LogP contribution < -0.4 is 0 Å². The van der Waals surface area contributed by atoms with E-state index in [1.807, 2.05) is 13.8 Å². The highest BCUT2D eigenvalue weighted by atomic mass is 32.2. The van der Waals surface area contributed by atoms with Crippen LogP contribution in [0.4, 0.5) is 0 Å². The van der Waals surface area contributed by atoms with Crippen LogP contribution in [-0.2, 0) is 0 Å². The Hall–Kier alpha value is -1.82. The Labute approximate surface area is 108 Å². The van der Waals surface area contributed by atoms with Gasteiger partial charge in [-0.1, -0.05) is 0 Å². The van der Waals surface area contributed by atoms with Crippen LogP contribution in [0.5, 0.6) is 0 Å². The molecular formula is C12H12N2O3S.